The number of nitrogens with one attached hydrogen (secondary N) is 1. The Morgan fingerprint density at radius 2 is 2.37 bits per heavy atom. The molecule has 0 fully saturated rings. The summed E-state index contributed by atoms with van der Waals surface area (Å²) in [6.07, 6.45) is 0.930. The Morgan fingerprint density at radius 3 is 2.95 bits per heavy atom. The van der Waals surface area contributed by atoms with E-state index in [4.69, 9.17) is 22.1 Å². The topological polar surface area (TPSA) is 115 Å². The molecular formula is C11H12ClN3O4. The summed E-state index contributed by atoms with van der Waals surface area (Å²) >= 11 is 5.83. The van der Waals surface area contributed by atoms with Crippen LogP contribution in [0.2, 0.25) is 5.02 Å². The largest absolute Gasteiger partial charge is 0.479 e. The van der Waals surface area contributed by atoms with Gasteiger partial charge in [-0.1, -0.05) is 11.6 Å². The molecule has 102 valence electrons. The highest BCUT2D eigenvalue weighted by atomic mass is 35.5. The second kappa shape index (κ2) is 4.58. The van der Waals surface area contributed by atoms with E-state index in [1.54, 1.807) is 6.92 Å². The first-order chi connectivity index (χ1) is 8.85. The number of amides is 2. The van der Waals surface area contributed by atoms with E-state index >= 15 is 0 Å². The minimum atomic E-state index is -1.68. The van der Waals surface area contributed by atoms with Crippen molar-refractivity contribution in [3.05, 3.63) is 22.8 Å². The molecule has 0 radical (unpaired) electrons. The van der Waals surface area contributed by atoms with Gasteiger partial charge in [0.15, 0.2) is 5.54 Å². The monoisotopic (exact) mass is 285 g/mol. The van der Waals surface area contributed by atoms with E-state index in [2.05, 4.69) is 10.3 Å². The molecule has 0 aliphatic carbocycles. The van der Waals surface area contributed by atoms with Gasteiger partial charge in [0, 0.05) is 12.6 Å². The Labute approximate surface area is 113 Å². The summed E-state index contributed by atoms with van der Waals surface area (Å²) in [6.45, 7) is 1.68. The summed E-state index contributed by atoms with van der Waals surface area (Å²) in [5, 5.41) is 12.0. The normalized spacial score (nSPS) is 25.1. The highest BCUT2D eigenvalue weighted by molar-refractivity contribution is 6.30. The number of nitrogens with zero attached hydrogens (tertiary/aromatic N) is 1. The lowest BCUT2D eigenvalue weighted by Gasteiger charge is -2.37. The van der Waals surface area contributed by atoms with Gasteiger partial charge in [0.05, 0.1) is 10.6 Å². The van der Waals surface area contributed by atoms with Gasteiger partial charge >= 0.3 is 12.0 Å². The third-order valence-electron chi connectivity index (χ3n) is 2.89. The fraction of sp³-hybridized carbons (Fsp3) is 0.364. The quantitative estimate of drug-likeness (QED) is 0.745. The zero-order chi connectivity index (χ0) is 14.2. The molecule has 1 aromatic rings. The summed E-state index contributed by atoms with van der Waals surface area (Å²) in [5.41, 5.74) is 3.58. The van der Waals surface area contributed by atoms with E-state index in [0.717, 1.165) is 0 Å². The van der Waals surface area contributed by atoms with Crippen LogP contribution in [0.25, 0.3) is 0 Å². The second-order valence-electron chi connectivity index (χ2n) is 4.34. The van der Waals surface area contributed by atoms with Gasteiger partial charge < -0.3 is 20.9 Å². The Morgan fingerprint density at radius 1 is 1.68 bits per heavy atom. The maximum absolute atomic E-state index is 11.6. The van der Waals surface area contributed by atoms with Crippen molar-refractivity contribution in [2.24, 2.45) is 5.73 Å². The minimum Gasteiger partial charge on any atom is -0.479 e. The van der Waals surface area contributed by atoms with Crippen molar-refractivity contribution in [3.63, 3.8) is 0 Å². The summed E-state index contributed by atoms with van der Waals surface area (Å²) in [6, 6.07) is 0.460. The van der Waals surface area contributed by atoms with Crippen molar-refractivity contribution in [3.8, 4) is 5.88 Å². The molecule has 19 heavy (non-hydrogen) atoms. The highest BCUT2D eigenvalue weighted by Crippen LogP contribution is 2.39. The Kier molecular flexibility index (Phi) is 3.23. The predicted octanol–water partition coefficient (Wildman–Crippen LogP) is 0.854. The molecule has 0 aromatic carbocycles. The number of urea groups is 1. The number of hydrogen-bond donors (Lipinski definition) is 3. The molecule has 7 nitrogen and oxygen atoms in total. The molecule has 0 unspecified atom stereocenters. The number of aromatic nitrogens is 1. The number of fused-ring (bicyclic) bond motifs is 1. The second-order valence-corrected chi connectivity index (χ2v) is 4.78. The lowest BCUT2D eigenvalue weighted by molar-refractivity contribution is -0.147. The Balaban J connectivity index is 2.63. The van der Waals surface area contributed by atoms with E-state index in [9.17, 15) is 14.7 Å². The molecule has 4 N–H and O–H groups in total. The van der Waals surface area contributed by atoms with Crippen LogP contribution in [-0.4, -0.2) is 28.2 Å². The van der Waals surface area contributed by atoms with Gasteiger partial charge in [0.2, 0.25) is 5.88 Å². The van der Waals surface area contributed by atoms with Crippen LogP contribution in [0.4, 0.5) is 4.79 Å². The maximum Gasteiger partial charge on any atom is 0.334 e. The standard InChI is InChI=1S/C11H12ClN3O4/c1-5-3-11(9(16)17,15-10(13)18)7-2-6(12)4-14-8(7)19-5/h2,4-5H,3H2,1H3,(H,16,17)(H3,13,15,18)/t5-,11-/m0/s1. The third-order valence-corrected chi connectivity index (χ3v) is 3.09. The average Bonchev–Trinajstić information content (AvgIpc) is 2.28. The van der Waals surface area contributed by atoms with Crippen molar-refractivity contribution in [2.75, 3.05) is 0 Å². The van der Waals surface area contributed by atoms with Crippen LogP contribution in [0.5, 0.6) is 5.88 Å². The fourth-order valence-electron chi connectivity index (χ4n) is 2.18. The van der Waals surface area contributed by atoms with Gasteiger partial charge in [-0.15, -0.1) is 0 Å². The number of carboxylic acids is 1. The molecule has 0 spiro atoms. The molecular weight excluding hydrogens is 274 g/mol. The van der Waals surface area contributed by atoms with E-state index in [1.165, 1.54) is 12.3 Å². The third kappa shape index (κ3) is 2.28. The molecule has 1 aliphatic rings. The molecule has 2 amide bonds. The van der Waals surface area contributed by atoms with Crippen LogP contribution in [0, 0.1) is 0 Å². The Hall–Kier alpha value is -2.02. The molecule has 0 bridgehead atoms. The number of rotatable bonds is 2. The number of halogens is 1. The van der Waals surface area contributed by atoms with Crippen molar-refractivity contribution in [1.29, 1.82) is 0 Å². The van der Waals surface area contributed by atoms with Crippen LogP contribution in [0.1, 0.15) is 18.9 Å². The number of carboxylic acid groups (broad SMARTS) is 1. The number of carbonyl (C=O) groups excluding carboxylic acids is 1. The molecule has 1 aromatic heterocycles. The van der Waals surface area contributed by atoms with Gasteiger partial charge in [-0.3, -0.25) is 0 Å². The lowest BCUT2D eigenvalue weighted by atomic mass is 9.83. The number of carbonyl (C=O) groups is 2. The van der Waals surface area contributed by atoms with Gasteiger partial charge in [-0.25, -0.2) is 14.6 Å². The average molecular weight is 286 g/mol. The van der Waals surface area contributed by atoms with Crippen LogP contribution >= 0.6 is 11.6 Å². The number of ether oxygens (including phenoxy) is 1. The smallest absolute Gasteiger partial charge is 0.334 e. The van der Waals surface area contributed by atoms with Crippen LogP contribution < -0.4 is 15.8 Å². The van der Waals surface area contributed by atoms with Crippen LogP contribution in [0.15, 0.2) is 12.3 Å². The molecule has 8 heteroatoms. The number of primary amides is 1. The molecule has 0 saturated carbocycles. The highest BCUT2D eigenvalue weighted by Gasteiger charge is 2.49. The van der Waals surface area contributed by atoms with Gasteiger partial charge in [-0.05, 0) is 13.0 Å². The van der Waals surface area contributed by atoms with Gasteiger partial charge in [0.25, 0.3) is 0 Å². The summed E-state index contributed by atoms with van der Waals surface area (Å²) in [5.74, 6) is -1.12. The molecule has 2 atom stereocenters. The molecule has 1 aliphatic heterocycles. The van der Waals surface area contributed by atoms with Gasteiger partial charge in [-0.2, -0.15) is 0 Å². The van der Waals surface area contributed by atoms with Crippen molar-refractivity contribution in [2.45, 2.75) is 25.0 Å². The van der Waals surface area contributed by atoms with Crippen molar-refractivity contribution in [1.82, 2.24) is 10.3 Å². The van der Waals surface area contributed by atoms with E-state index < -0.39 is 23.6 Å². The van der Waals surface area contributed by atoms with Crippen molar-refractivity contribution < 1.29 is 19.4 Å². The first kappa shape index (κ1) is 13.4. The fourth-order valence-corrected chi connectivity index (χ4v) is 2.34. The molecule has 2 rings (SSSR count). The zero-order valence-electron chi connectivity index (χ0n) is 10.0. The number of pyridine rings is 1. The van der Waals surface area contributed by atoms with E-state index in [1.807, 2.05) is 0 Å². The van der Waals surface area contributed by atoms with E-state index in [-0.39, 0.29) is 22.9 Å². The minimum absolute atomic E-state index is 0.0281. The Bertz CT molecular complexity index is 551. The van der Waals surface area contributed by atoms with Crippen LogP contribution in [0.3, 0.4) is 0 Å². The number of aliphatic carboxylic acids is 1. The number of nitrogens with two attached hydrogens (primary N) is 1. The summed E-state index contributed by atoms with van der Waals surface area (Å²) in [7, 11) is 0. The summed E-state index contributed by atoms with van der Waals surface area (Å²) in [4.78, 5) is 26.7. The summed E-state index contributed by atoms with van der Waals surface area (Å²) < 4.78 is 5.45. The zero-order valence-corrected chi connectivity index (χ0v) is 10.8. The van der Waals surface area contributed by atoms with Crippen molar-refractivity contribution >= 4 is 23.6 Å². The first-order valence-electron chi connectivity index (χ1n) is 5.49. The van der Waals surface area contributed by atoms with E-state index in [0.29, 0.717) is 0 Å². The number of hydrogen-bond acceptors (Lipinski definition) is 4. The molecule has 2 heterocycles. The van der Waals surface area contributed by atoms with Gasteiger partial charge in [0.1, 0.15) is 6.10 Å². The lowest BCUT2D eigenvalue weighted by Crippen LogP contribution is -2.57. The van der Waals surface area contributed by atoms with Crippen LogP contribution in [-0.2, 0) is 10.3 Å². The first-order valence-corrected chi connectivity index (χ1v) is 5.86. The predicted molar refractivity (Wildman–Crippen MR) is 66.0 cm³/mol. The molecule has 0 saturated heterocycles. The maximum atomic E-state index is 11.6. The SMILES string of the molecule is C[C@H]1C[C@@](NC(N)=O)(C(=O)O)c2cc(Cl)cnc2O1.